The van der Waals surface area contributed by atoms with Crippen LogP contribution in [0.15, 0.2) is 73.4 Å². The van der Waals surface area contributed by atoms with Gasteiger partial charge in [-0.3, -0.25) is 4.79 Å². The van der Waals surface area contributed by atoms with E-state index in [2.05, 4.69) is 48.0 Å². The Balaban J connectivity index is 1.68. The fourth-order valence-corrected chi connectivity index (χ4v) is 4.62. The van der Waals surface area contributed by atoms with Gasteiger partial charge < -0.3 is 9.47 Å². The van der Waals surface area contributed by atoms with Crippen molar-refractivity contribution < 1.29 is 9.47 Å². The van der Waals surface area contributed by atoms with Gasteiger partial charge in [-0.15, -0.1) is 0 Å². The predicted molar refractivity (Wildman–Crippen MR) is 147 cm³/mol. The normalized spacial score (nSPS) is 11.1. The maximum atomic E-state index is 13.2. The molecule has 0 saturated carbocycles. The molecule has 9 heteroatoms. The second-order valence-corrected chi connectivity index (χ2v) is 9.66. The number of rotatable bonds is 8. The summed E-state index contributed by atoms with van der Waals surface area (Å²) in [4.78, 5) is 17.9. The van der Waals surface area contributed by atoms with Crippen LogP contribution >= 0.6 is 31.9 Å². The summed E-state index contributed by atoms with van der Waals surface area (Å²) < 4.78 is 14.4. The Hall–Kier alpha value is -3.48. The van der Waals surface area contributed by atoms with Crippen molar-refractivity contribution >= 4 is 49.0 Å². The second kappa shape index (κ2) is 11.5. The number of methoxy groups -OCH3 is 1. The van der Waals surface area contributed by atoms with Gasteiger partial charge in [-0.1, -0.05) is 41.1 Å². The Morgan fingerprint density at radius 3 is 2.72 bits per heavy atom. The van der Waals surface area contributed by atoms with E-state index < -0.39 is 0 Å². The van der Waals surface area contributed by atoms with E-state index in [9.17, 15) is 10.1 Å². The first-order valence-corrected chi connectivity index (χ1v) is 12.8. The van der Waals surface area contributed by atoms with Crippen molar-refractivity contribution in [1.29, 1.82) is 5.26 Å². The molecule has 0 saturated heterocycles. The number of halogens is 2. The van der Waals surface area contributed by atoms with E-state index >= 15 is 0 Å². The van der Waals surface area contributed by atoms with E-state index in [1.807, 2.05) is 43.3 Å². The van der Waals surface area contributed by atoms with Gasteiger partial charge in [0.25, 0.3) is 5.56 Å². The maximum Gasteiger partial charge on any atom is 0.282 e. The molecular formula is C27H22Br2N4O3. The largest absolute Gasteiger partial charge is 0.493 e. The van der Waals surface area contributed by atoms with Crippen LogP contribution in [0.3, 0.4) is 0 Å². The minimum absolute atomic E-state index is 0.209. The lowest BCUT2D eigenvalue weighted by molar-refractivity contribution is 0.282. The van der Waals surface area contributed by atoms with Gasteiger partial charge in [0.2, 0.25) is 0 Å². The van der Waals surface area contributed by atoms with Gasteiger partial charge in [0, 0.05) is 16.5 Å². The second-order valence-electron chi connectivity index (χ2n) is 7.89. The number of aromatic nitrogens is 2. The third-order valence-corrected chi connectivity index (χ3v) is 6.52. The first-order valence-electron chi connectivity index (χ1n) is 11.2. The van der Waals surface area contributed by atoms with Gasteiger partial charge in [-0.05, 0) is 64.3 Å². The molecule has 0 spiro atoms. The molecule has 182 valence electrons. The highest BCUT2D eigenvalue weighted by molar-refractivity contribution is 9.10. The molecule has 0 amide bonds. The Kier molecular flexibility index (Phi) is 8.18. The number of benzene rings is 3. The van der Waals surface area contributed by atoms with Crippen molar-refractivity contribution in [3.8, 4) is 17.6 Å². The van der Waals surface area contributed by atoms with Crippen molar-refractivity contribution in [2.75, 3.05) is 7.11 Å². The molecule has 0 bridgehead atoms. The molecule has 3 aromatic carbocycles. The van der Waals surface area contributed by atoms with Crippen LogP contribution in [0.2, 0.25) is 0 Å². The fourth-order valence-electron chi connectivity index (χ4n) is 3.68. The van der Waals surface area contributed by atoms with Gasteiger partial charge in [0.15, 0.2) is 11.5 Å². The van der Waals surface area contributed by atoms with Crippen molar-refractivity contribution in [2.45, 2.75) is 26.4 Å². The van der Waals surface area contributed by atoms with Crippen molar-refractivity contribution in [2.24, 2.45) is 5.10 Å². The van der Waals surface area contributed by atoms with Crippen LogP contribution < -0.4 is 15.0 Å². The summed E-state index contributed by atoms with van der Waals surface area (Å²) >= 11 is 6.97. The van der Waals surface area contributed by atoms with Crippen molar-refractivity contribution in [3.63, 3.8) is 0 Å². The van der Waals surface area contributed by atoms with E-state index in [1.165, 1.54) is 4.68 Å². The van der Waals surface area contributed by atoms with Gasteiger partial charge >= 0.3 is 0 Å². The summed E-state index contributed by atoms with van der Waals surface area (Å²) in [6, 6.07) is 18.5. The Morgan fingerprint density at radius 1 is 1.17 bits per heavy atom. The predicted octanol–water partition coefficient (Wildman–Crippen LogP) is 6.22. The van der Waals surface area contributed by atoms with E-state index in [0.717, 1.165) is 16.5 Å². The van der Waals surface area contributed by atoms with E-state index in [1.54, 1.807) is 31.5 Å². The number of nitriles is 1. The first-order chi connectivity index (χ1) is 17.4. The lowest BCUT2D eigenvalue weighted by Crippen LogP contribution is -2.22. The van der Waals surface area contributed by atoms with Crippen LogP contribution in [0.4, 0.5) is 0 Å². The van der Waals surface area contributed by atoms with E-state index in [0.29, 0.717) is 50.2 Å². The molecule has 36 heavy (non-hydrogen) atoms. The minimum Gasteiger partial charge on any atom is -0.493 e. The van der Waals surface area contributed by atoms with Crippen molar-refractivity contribution in [3.05, 3.63) is 96.4 Å². The molecule has 0 atom stereocenters. The lowest BCUT2D eigenvalue weighted by atomic mass is 10.1. The number of ether oxygens (including phenoxy) is 2. The van der Waals surface area contributed by atoms with E-state index in [-0.39, 0.29) is 12.2 Å². The number of aryl methyl sites for hydroxylation is 1. The van der Waals surface area contributed by atoms with Crippen LogP contribution in [-0.2, 0) is 13.0 Å². The zero-order chi connectivity index (χ0) is 25.7. The molecule has 0 aliphatic carbocycles. The maximum absolute atomic E-state index is 13.2. The highest BCUT2D eigenvalue weighted by Gasteiger charge is 2.14. The highest BCUT2D eigenvalue weighted by atomic mass is 79.9. The Bertz CT molecular complexity index is 1560. The monoisotopic (exact) mass is 608 g/mol. The van der Waals surface area contributed by atoms with E-state index in [4.69, 9.17) is 9.47 Å². The molecule has 0 fully saturated rings. The lowest BCUT2D eigenvalue weighted by Gasteiger charge is -2.14. The molecule has 1 heterocycles. The molecule has 0 aliphatic heterocycles. The van der Waals surface area contributed by atoms with Crippen molar-refractivity contribution in [1.82, 2.24) is 9.66 Å². The molecule has 1 aromatic heterocycles. The molecule has 0 N–H and O–H groups in total. The van der Waals surface area contributed by atoms with Crippen LogP contribution in [-0.4, -0.2) is 23.0 Å². The zero-order valence-electron chi connectivity index (χ0n) is 19.7. The number of fused-ring (bicyclic) bond motifs is 1. The summed E-state index contributed by atoms with van der Waals surface area (Å²) in [6.07, 6.45) is 3.03. The third kappa shape index (κ3) is 5.50. The summed E-state index contributed by atoms with van der Waals surface area (Å²) in [5, 5.41) is 14.3. The van der Waals surface area contributed by atoms with Crippen LogP contribution in [0.5, 0.6) is 11.5 Å². The Morgan fingerprint density at radius 2 is 1.97 bits per heavy atom. The number of hydrogen-bond acceptors (Lipinski definition) is 6. The average Bonchev–Trinajstić information content (AvgIpc) is 2.88. The summed E-state index contributed by atoms with van der Waals surface area (Å²) in [5.41, 5.74) is 2.44. The molecular weight excluding hydrogens is 588 g/mol. The molecule has 0 aliphatic rings. The quantitative estimate of drug-likeness (QED) is 0.221. The minimum atomic E-state index is -0.233. The topological polar surface area (TPSA) is 89.5 Å². The standard InChI is InChI=1S/C27H22Br2N4O3/c1-3-6-25-32-23-10-9-20(28)13-21(23)27(34)33(25)31-15-17-11-22(29)26(24(12-17)35-2)36-16-19-8-5-4-7-18(19)14-30/h4-5,7-13,15H,3,6,16H2,1-2H3. The smallest absolute Gasteiger partial charge is 0.282 e. The van der Waals surface area contributed by atoms with Gasteiger partial charge in [-0.25, -0.2) is 4.98 Å². The highest BCUT2D eigenvalue weighted by Crippen LogP contribution is 2.37. The van der Waals surface area contributed by atoms with Gasteiger partial charge in [0.05, 0.1) is 40.3 Å². The molecule has 4 rings (SSSR count). The fraction of sp³-hybridized carbons (Fsp3) is 0.185. The number of hydrogen-bond donors (Lipinski definition) is 0. The summed E-state index contributed by atoms with van der Waals surface area (Å²) in [6.45, 7) is 2.24. The zero-order valence-corrected chi connectivity index (χ0v) is 22.8. The van der Waals surface area contributed by atoms with Gasteiger partial charge in [-0.2, -0.15) is 15.0 Å². The Labute approximate surface area is 225 Å². The number of nitrogens with zero attached hydrogens (tertiary/aromatic N) is 4. The third-order valence-electron chi connectivity index (χ3n) is 5.43. The molecule has 4 aromatic rings. The molecule has 0 unspecified atom stereocenters. The first kappa shape index (κ1) is 25.6. The van der Waals surface area contributed by atoms with Crippen LogP contribution in [0.1, 0.15) is 35.9 Å². The van der Waals surface area contributed by atoms with Crippen LogP contribution in [0.25, 0.3) is 10.9 Å². The molecule has 7 nitrogen and oxygen atoms in total. The average molecular weight is 610 g/mol. The SMILES string of the molecule is CCCc1nc2ccc(Br)cc2c(=O)n1N=Cc1cc(Br)c(OCc2ccccc2C#N)c(OC)c1. The van der Waals surface area contributed by atoms with Crippen LogP contribution in [0, 0.1) is 11.3 Å². The van der Waals surface area contributed by atoms with Gasteiger partial charge in [0.1, 0.15) is 12.4 Å². The molecule has 0 radical (unpaired) electrons. The summed E-state index contributed by atoms with van der Waals surface area (Å²) in [7, 11) is 1.55. The summed E-state index contributed by atoms with van der Waals surface area (Å²) in [5.74, 6) is 1.58.